The van der Waals surface area contributed by atoms with Gasteiger partial charge in [-0.2, -0.15) is 5.10 Å². The lowest BCUT2D eigenvalue weighted by Gasteiger charge is -2.11. The van der Waals surface area contributed by atoms with Crippen molar-refractivity contribution in [2.45, 2.75) is 38.8 Å². The topological polar surface area (TPSA) is 38.0 Å². The highest BCUT2D eigenvalue weighted by Crippen LogP contribution is 2.16. The van der Waals surface area contributed by atoms with Crippen molar-refractivity contribution in [2.75, 3.05) is 0 Å². The van der Waals surface area contributed by atoms with Crippen molar-refractivity contribution in [3.63, 3.8) is 0 Å². The first-order valence-electron chi connectivity index (χ1n) is 6.62. The molecule has 1 N–H and O–H groups in total. The van der Waals surface area contributed by atoms with Crippen LogP contribution in [-0.4, -0.2) is 21.0 Å². The van der Waals surface area contributed by atoms with Gasteiger partial charge >= 0.3 is 0 Å². The second kappa shape index (κ2) is 6.13. The highest BCUT2D eigenvalue weighted by molar-refractivity contribution is 5.20. The summed E-state index contributed by atoms with van der Waals surface area (Å²) >= 11 is 0. The van der Waals surface area contributed by atoms with E-state index in [2.05, 4.69) is 5.10 Å². The smallest absolute Gasteiger partial charge is 0.129 e. The standard InChI is InChI=1S/C15H18F2N2O/c1-10(2)19-7-6-11(18-19)8-12(20)9-13-14(16)4-3-5-15(13)17/h3-7,10,12,20H,8-9H2,1-2H3. The third kappa shape index (κ3) is 3.42. The van der Waals surface area contributed by atoms with Crippen LogP contribution in [0.15, 0.2) is 30.5 Å². The Hall–Kier alpha value is -1.75. The molecule has 0 radical (unpaired) electrons. The van der Waals surface area contributed by atoms with Crippen molar-refractivity contribution in [3.8, 4) is 0 Å². The van der Waals surface area contributed by atoms with E-state index in [4.69, 9.17) is 0 Å². The van der Waals surface area contributed by atoms with E-state index in [1.807, 2.05) is 20.0 Å². The molecule has 3 nitrogen and oxygen atoms in total. The number of aliphatic hydroxyl groups excluding tert-OH is 1. The third-order valence-corrected chi connectivity index (χ3v) is 3.14. The van der Waals surface area contributed by atoms with Gasteiger partial charge in [0.1, 0.15) is 11.6 Å². The van der Waals surface area contributed by atoms with Gasteiger partial charge in [-0.05, 0) is 32.0 Å². The second-order valence-corrected chi connectivity index (χ2v) is 5.14. The first-order chi connectivity index (χ1) is 9.47. The van der Waals surface area contributed by atoms with Gasteiger partial charge in [0.05, 0.1) is 11.8 Å². The molecule has 1 heterocycles. The van der Waals surface area contributed by atoms with Crippen LogP contribution in [0.5, 0.6) is 0 Å². The minimum atomic E-state index is -0.864. The molecule has 1 atom stereocenters. The van der Waals surface area contributed by atoms with Crippen LogP contribution < -0.4 is 0 Å². The van der Waals surface area contributed by atoms with Crippen molar-refractivity contribution < 1.29 is 13.9 Å². The number of aliphatic hydroxyl groups is 1. The zero-order valence-electron chi connectivity index (χ0n) is 11.6. The maximum absolute atomic E-state index is 13.5. The molecule has 1 aromatic carbocycles. The zero-order chi connectivity index (χ0) is 14.7. The molecule has 0 saturated heterocycles. The van der Waals surface area contributed by atoms with E-state index < -0.39 is 17.7 Å². The zero-order valence-corrected chi connectivity index (χ0v) is 11.6. The molecule has 0 saturated carbocycles. The molecule has 0 amide bonds. The first-order valence-corrected chi connectivity index (χ1v) is 6.62. The Morgan fingerprint density at radius 2 is 1.80 bits per heavy atom. The molecule has 5 heteroatoms. The second-order valence-electron chi connectivity index (χ2n) is 5.14. The Labute approximate surface area is 116 Å². The fraction of sp³-hybridized carbons (Fsp3) is 0.400. The average Bonchev–Trinajstić information content (AvgIpc) is 2.82. The Morgan fingerprint density at radius 3 is 2.35 bits per heavy atom. The summed E-state index contributed by atoms with van der Waals surface area (Å²) in [5.74, 6) is -1.26. The average molecular weight is 280 g/mol. The van der Waals surface area contributed by atoms with Gasteiger partial charge in [0, 0.05) is 30.6 Å². The van der Waals surface area contributed by atoms with Gasteiger partial charge in [-0.3, -0.25) is 4.68 Å². The van der Waals surface area contributed by atoms with Crippen LogP contribution in [0, 0.1) is 11.6 Å². The van der Waals surface area contributed by atoms with Gasteiger partial charge in [-0.25, -0.2) is 8.78 Å². The minimum Gasteiger partial charge on any atom is -0.392 e. The Kier molecular flexibility index (Phi) is 4.49. The number of rotatable bonds is 5. The Morgan fingerprint density at radius 1 is 1.15 bits per heavy atom. The van der Waals surface area contributed by atoms with Crippen molar-refractivity contribution in [2.24, 2.45) is 0 Å². The Balaban J connectivity index is 2.03. The molecular weight excluding hydrogens is 262 g/mol. The van der Waals surface area contributed by atoms with Crippen LogP contribution in [0.4, 0.5) is 8.78 Å². The molecule has 0 bridgehead atoms. The number of benzene rings is 1. The van der Waals surface area contributed by atoms with Crippen LogP contribution in [0.1, 0.15) is 31.1 Å². The summed E-state index contributed by atoms with van der Waals surface area (Å²) in [6, 6.07) is 5.74. The highest BCUT2D eigenvalue weighted by atomic mass is 19.1. The quantitative estimate of drug-likeness (QED) is 0.914. The third-order valence-electron chi connectivity index (χ3n) is 3.14. The summed E-state index contributed by atoms with van der Waals surface area (Å²) in [5.41, 5.74) is 0.631. The number of aromatic nitrogens is 2. The lowest BCUT2D eigenvalue weighted by molar-refractivity contribution is 0.171. The van der Waals surface area contributed by atoms with Gasteiger partial charge in [0.15, 0.2) is 0 Å². The first kappa shape index (κ1) is 14.7. The molecule has 20 heavy (non-hydrogen) atoms. The fourth-order valence-corrected chi connectivity index (χ4v) is 2.05. The van der Waals surface area contributed by atoms with E-state index in [9.17, 15) is 13.9 Å². The van der Waals surface area contributed by atoms with Crippen molar-refractivity contribution in [1.82, 2.24) is 9.78 Å². The molecule has 2 aromatic rings. The monoisotopic (exact) mass is 280 g/mol. The molecule has 0 aliphatic heterocycles. The minimum absolute atomic E-state index is 0.0625. The van der Waals surface area contributed by atoms with Crippen LogP contribution in [-0.2, 0) is 12.8 Å². The molecule has 2 rings (SSSR count). The summed E-state index contributed by atoms with van der Waals surface area (Å²) in [6.07, 6.45) is 1.17. The molecule has 0 spiro atoms. The van der Waals surface area contributed by atoms with Gasteiger partial charge in [-0.1, -0.05) is 6.07 Å². The number of nitrogens with zero attached hydrogens (tertiary/aromatic N) is 2. The molecule has 108 valence electrons. The molecule has 0 aliphatic rings. The van der Waals surface area contributed by atoms with E-state index in [-0.39, 0.29) is 24.4 Å². The predicted octanol–water partition coefficient (Wildman–Crippen LogP) is 2.89. The van der Waals surface area contributed by atoms with Crippen LogP contribution in [0.25, 0.3) is 0 Å². The normalized spacial score (nSPS) is 12.9. The summed E-state index contributed by atoms with van der Waals surface area (Å²) in [7, 11) is 0. The number of hydrogen-bond acceptors (Lipinski definition) is 2. The van der Waals surface area contributed by atoms with Crippen molar-refractivity contribution >= 4 is 0 Å². The predicted molar refractivity (Wildman–Crippen MR) is 72.4 cm³/mol. The van der Waals surface area contributed by atoms with E-state index >= 15 is 0 Å². The van der Waals surface area contributed by atoms with E-state index in [0.29, 0.717) is 5.69 Å². The summed E-state index contributed by atoms with van der Waals surface area (Å²) in [5, 5.41) is 14.3. The number of hydrogen-bond donors (Lipinski definition) is 1. The lowest BCUT2D eigenvalue weighted by atomic mass is 10.0. The lowest BCUT2D eigenvalue weighted by Crippen LogP contribution is -2.16. The summed E-state index contributed by atoms with van der Waals surface area (Å²) in [6.45, 7) is 4.00. The maximum Gasteiger partial charge on any atom is 0.129 e. The fourth-order valence-electron chi connectivity index (χ4n) is 2.05. The summed E-state index contributed by atoms with van der Waals surface area (Å²) < 4.78 is 28.8. The summed E-state index contributed by atoms with van der Waals surface area (Å²) in [4.78, 5) is 0. The highest BCUT2D eigenvalue weighted by Gasteiger charge is 2.15. The van der Waals surface area contributed by atoms with Crippen molar-refractivity contribution in [1.29, 1.82) is 0 Å². The molecule has 1 aromatic heterocycles. The molecular formula is C15H18F2N2O. The Bertz CT molecular complexity index is 561. The van der Waals surface area contributed by atoms with Gasteiger partial charge in [-0.15, -0.1) is 0 Å². The van der Waals surface area contributed by atoms with Crippen LogP contribution in [0.2, 0.25) is 0 Å². The molecule has 0 fully saturated rings. The molecule has 0 aliphatic carbocycles. The van der Waals surface area contributed by atoms with Gasteiger partial charge in [0.2, 0.25) is 0 Å². The largest absolute Gasteiger partial charge is 0.392 e. The van der Waals surface area contributed by atoms with E-state index in [0.717, 1.165) is 0 Å². The van der Waals surface area contributed by atoms with E-state index in [1.54, 1.807) is 10.7 Å². The SMILES string of the molecule is CC(C)n1ccc(CC(O)Cc2c(F)cccc2F)n1. The van der Waals surface area contributed by atoms with E-state index in [1.165, 1.54) is 18.2 Å². The van der Waals surface area contributed by atoms with Crippen LogP contribution >= 0.6 is 0 Å². The van der Waals surface area contributed by atoms with Crippen molar-refractivity contribution in [3.05, 3.63) is 53.4 Å². The van der Waals surface area contributed by atoms with Crippen LogP contribution in [0.3, 0.4) is 0 Å². The number of halogens is 2. The molecule has 1 unspecified atom stereocenters. The maximum atomic E-state index is 13.5. The van der Waals surface area contributed by atoms with Gasteiger partial charge < -0.3 is 5.11 Å². The van der Waals surface area contributed by atoms with Gasteiger partial charge in [0.25, 0.3) is 0 Å².